The lowest BCUT2D eigenvalue weighted by atomic mass is 10.2. The molecular weight excluding hydrogens is 276 g/mol. The highest BCUT2D eigenvalue weighted by atomic mass is 16.6. The van der Waals surface area contributed by atoms with Gasteiger partial charge in [0.05, 0.1) is 17.7 Å². The Kier molecular flexibility index (Phi) is 4.31. The van der Waals surface area contributed by atoms with Gasteiger partial charge in [0.25, 0.3) is 5.88 Å². The van der Waals surface area contributed by atoms with E-state index in [-0.39, 0.29) is 17.4 Å². The van der Waals surface area contributed by atoms with Gasteiger partial charge in [-0.25, -0.2) is 4.98 Å². The van der Waals surface area contributed by atoms with E-state index in [0.29, 0.717) is 6.54 Å². The Morgan fingerprint density at radius 3 is 2.86 bits per heavy atom. The zero-order valence-electron chi connectivity index (χ0n) is 12.0. The third-order valence-corrected chi connectivity index (χ3v) is 2.94. The van der Waals surface area contributed by atoms with E-state index in [4.69, 9.17) is 4.74 Å². The van der Waals surface area contributed by atoms with Crippen molar-refractivity contribution in [3.05, 3.63) is 33.9 Å². The molecule has 9 heteroatoms. The number of hydrogen-bond acceptors (Lipinski definition) is 7. The van der Waals surface area contributed by atoms with Crippen molar-refractivity contribution in [2.45, 2.75) is 19.9 Å². The van der Waals surface area contributed by atoms with Crippen LogP contribution in [-0.2, 0) is 20.0 Å². The fourth-order valence-corrected chi connectivity index (χ4v) is 2.01. The number of methoxy groups -OCH3 is 1. The summed E-state index contributed by atoms with van der Waals surface area (Å²) in [6.45, 7) is 2.39. The van der Waals surface area contributed by atoms with Crippen LogP contribution in [0.2, 0.25) is 0 Å². The molecule has 0 aromatic carbocycles. The molecule has 2 heterocycles. The van der Waals surface area contributed by atoms with E-state index in [1.165, 1.54) is 13.4 Å². The first kappa shape index (κ1) is 14.7. The molecule has 0 aliphatic carbocycles. The quantitative estimate of drug-likeness (QED) is 0.631. The van der Waals surface area contributed by atoms with Crippen LogP contribution in [0.1, 0.15) is 18.2 Å². The second-order valence-electron chi connectivity index (χ2n) is 4.32. The van der Waals surface area contributed by atoms with Gasteiger partial charge in [0.2, 0.25) is 5.82 Å². The number of aromatic nitrogens is 4. The summed E-state index contributed by atoms with van der Waals surface area (Å²) >= 11 is 0. The fraction of sp³-hybridized carbons (Fsp3) is 0.417. The molecular formula is C12H16N6O3. The van der Waals surface area contributed by atoms with Crippen molar-refractivity contribution in [3.63, 3.8) is 0 Å². The fourth-order valence-electron chi connectivity index (χ4n) is 2.01. The summed E-state index contributed by atoms with van der Waals surface area (Å²) in [5.41, 5.74) is 1.63. The topological polar surface area (TPSA) is 108 Å². The van der Waals surface area contributed by atoms with Crippen molar-refractivity contribution in [3.8, 4) is 5.88 Å². The Morgan fingerprint density at radius 1 is 1.48 bits per heavy atom. The Bertz CT molecular complexity index is 654. The Balaban J connectivity index is 2.25. The van der Waals surface area contributed by atoms with Crippen molar-refractivity contribution < 1.29 is 9.66 Å². The van der Waals surface area contributed by atoms with Crippen LogP contribution in [0.3, 0.4) is 0 Å². The van der Waals surface area contributed by atoms with Crippen molar-refractivity contribution in [2.24, 2.45) is 7.05 Å². The summed E-state index contributed by atoms with van der Waals surface area (Å²) in [5.74, 6) is 0.0529. The number of nitrogens with zero attached hydrogens (tertiary/aromatic N) is 5. The summed E-state index contributed by atoms with van der Waals surface area (Å²) in [5, 5.41) is 18.4. The van der Waals surface area contributed by atoms with Gasteiger partial charge in [-0.15, -0.1) is 0 Å². The van der Waals surface area contributed by atoms with E-state index in [2.05, 4.69) is 20.4 Å². The van der Waals surface area contributed by atoms with Crippen LogP contribution in [0, 0.1) is 10.1 Å². The Hall–Kier alpha value is -2.71. The molecule has 1 N–H and O–H groups in total. The lowest BCUT2D eigenvalue weighted by Gasteiger charge is -2.07. The second-order valence-corrected chi connectivity index (χ2v) is 4.32. The first-order valence-electron chi connectivity index (χ1n) is 6.35. The summed E-state index contributed by atoms with van der Waals surface area (Å²) < 4.78 is 6.61. The summed E-state index contributed by atoms with van der Waals surface area (Å²) in [4.78, 5) is 18.2. The lowest BCUT2D eigenvalue weighted by molar-refractivity contribution is -0.385. The average Bonchev–Trinajstić information content (AvgIpc) is 2.84. The predicted octanol–water partition coefficient (Wildman–Crippen LogP) is 1.30. The molecule has 0 radical (unpaired) electrons. The molecule has 9 nitrogen and oxygen atoms in total. The SMILES string of the molecule is CCc1nn(C)cc1CNc1ncnc(OC)c1[N+](=O)[O-]. The highest BCUT2D eigenvalue weighted by Gasteiger charge is 2.23. The van der Waals surface area contributed by atoms with Crippen LogP contribution in [0.15, 0.2) is 12.5 Å². The van der Waals surface area contributed by atoms with Gasteiger partial charge in [0, 0.05) is 25.4 Å². The molecule has 0 saturated heterocycles. The van der Waals surface area contributed by atoms with Gasteiger partial charge in [-0.2, -0.15) is 10.1 Å². The molecule has 0 saturated carbocycles. The van der Waals surface area contributed by atoms with Crippen LogP contribution < -0.4 is 10.1 Å². The average molecular weight is 292 g/mol. The molecule has 0 fully saturated rings. The molecule has 2 aromatic rings. The number of hydrogen-bond donors (Lipinski definition) is 1. The van der Waals surface area contributed by atoms with E-state index in [9.17, 15) is 10.1 Å². The third kappa shape index (κ3) is 3.07. The van der Waals surface area contributed by atoms with E-state index < -0.39 is 4.92 Å². The molecule has 2 aromatic heterocycles. The molecule has 0 aliphatic heterocycles. The smallest absolute Gasteiger partial charge is 0.372 e. The van der Waals surface area contributed by atoms with E-state index in [0.717, 1.165) is 17.7 Å². The largest absolute Gasteiger partial charge is 0.476 e. The monoisotopic (exact) mass is 292 g/mol. The maximum atomic E-state index is 11.1. The van der Waals surface area contributed by atoms with Gasteiger partial charge in [0.1, 0.15) is 6.33 Å². The molecule has 0 aliphatic rings. The summed E-state index contributed by atoms with van der Waals surface area (Å²) in [7, 11) is 3.16. The van der Waals surface area contributed by atoms with Gasteiger partial charge in [0.15, 0.2) is 0 Å². The Morgan fingerprint density at radius 2 is 2.24 bits per heavy atom. The number of nitro groups is 1. The van der Waals surface area contributed by atoms with Crippen molar-refractivity contribution >= 4 is 11.5 Å². The van der Waals surface area contributed by atoms with Crippen molar-refractivity contribution in [1.82, 2.24) is 19.7 Å². The van der Waals surface area contributed by atoms with E-state index >= 15 is 0 Å². The highest BCUT2D eigenvalue weighted by molar-refractivity contribution is 5.61. The zero-order valence-corrected chi connectivity index (χ0v) is 12.0. The lowest BCUT2D eigenvalue weighted by Crippen LogP contribution is -2.07. The first-order chi connectivity index (χ1) is 10.1. The van der Waals surface area contributed by atoms with E-state index in [1.54, 1.807) is 4.68 Å². The standard InChI is InChI=1S/C12H16N6O3/c1-4-9-8(6-17(2)16-9)5-13-11-10(18(19)20)12(21-3)15-7-14-11/h6-7H,4-5H2,1-3H3,(H,13,14,15). The molecule has 0 bridgehead atoms. The molecule has 0 atom stereocenters. The van der Waals surface area contributed by atoms with Gasteiger partial charge in [-0.3, -0.25) is 14.8 Å². The third-order valence-electron chi connectivity index (χ3n) is 2.94. The van der Waals surface area contributed by atoms with Crippen LogP contribution in [0.4, 0.5) is 11.5 Å². The minimum absolute atomic E-state index is 0.0700. The molecule has 2 rings (SSSR count). The normalized spacial score (nSPS) is 10.4. The van der Waals surface area contributed by atoms with Gasteiger partial charge in [-0.1, -0.05) is 6.92 Å². The summed E-state index contributed by atoms with van der Waals surface area (Å²) in [6.07, 6.45) is 3.88. The maximum absolute atomic E-state index is 11.1. The second kappa shape index (κ2) is 6.16. The molecule has 112 valence electrons. The van der Waals surface area contributed by atoms with Gasteiger partial charge in [-0.05, 0) is 6.42 Å². The van der Waals surface area contributed by atoms with Gasteiger partial charge >= 0.3 is 5.69 Å². The molecule has 0 amide bonds. The Labute approximate surface area is 121 Å². The minimum Gasteiger partial charge on any atom is -0.476 e. The first-order valence-corrected chi connectivity index (χ1v) is 6.35. The molecule has 21 heavy (non-hydrogen) atoms. The van der Waals surface area contributed by atoms with Crippen LogP contribution in [0.5, 0.6) is 5.88 Å². The highest BCUT2D eigenvalue weighted by Crippen LogP contribution is 2.30. The van der Waals surface area contributed by atoms with Crippen molar-refractivity contribution in [2.75, 3.05) is 12.4 Å². The number of ether oxygens (including phenoxy) is 1. The van der Waals surface area contributed by atoms with Crippen molar-refractivity contribution in [1.29, 1.82) is 0 Å². The van der Waals surface area contributed by atoms with Gasteiger partial charge < -0.3 is 10.1 Å². The number of anilines is 1. The van der Waals surface area contributed by atoms with Crippen LogP contribution >= 0.6 is 0 Å². The van der Waals surface area contributed by atoms with Crippen LogP contribution in [0.25, 0.3) is 0 Å². The molecule has 0 spiro atoms. The zero-order chi connectivity index (χ0) is 15.4. The predicted molar refractivity (Wildman–Crippen MR) is 75.2 cm³/mol. The number of aryl methyl sites for hydroxylation is 2. The summed E-state index contributed by atoms with van der Waals surface area (Å²) in [6, 6.07) is 0. The maximum Gasteiger partial charge on any atom is 0.372 e. The van der Waals surface area contributed by atoms with Crippen LogP contribution in [-0.4, -0.2) is 31.8 Å². The minimum atomic E-state index is -0.564. The number of rotatable bonds is 6. The molecule has 0 unspecified atom stereocenters. The number of nitrogens with one attached hydrogen (secondary N) is 1. The van der Waals surface area contributed by atoms with E-state index in [1.807, 2.05) is 20.2 Å².